The first kappa shape index (κ1) is 15.3. The minimum atomic E-state index is 0.210. The molecular formula is C17H29N3. The maximum Gasteiger partial charge on any atom is 0.0397 e. The van der Waals surface area contributed by atoms with E-state index < -0.39 is 0 Å². The van der Waals surface area contributed by atoms with Crippen LogP contribution in [-0.4, -0.2) is 44.7 Å². The summed E-state index contributed by atoms with van der Waals surface area (Å²) >= 11 is 0. The van der Waals surface area contributed by atoms with Gasteiger partial charge in [0.15, 0.2) is 0 Å². The van der Waals surface area contributed by atoms with Gasteiger partial charge in [0, 0.05) is 31.9 Å². The second kappa shape index (κ2) is 6.59. The van der Waals surface area contributed by atoms with Crippen molar-refractivity contribution < 1.29 is 0 Å². The van der Waals surface area contributed by atoms with Crippen molar-refractivity contribution in [3.05, 3.63) is 29.3 Å². The normalized spacial score (nSPS) is 21.1. The third-order valence-electron chi connectivity index (χ3n) is 4.21. The Morgan fingerprint density at radius 2 is 2.20 bits per heavy atom. The summed E-state index contributed by atoms with van der Waals surface area (Å²) in [6, 6.07) is 6.96. The number of nitrogens with two attached hydrogens (primary N) is 1. The summed E-state index contributed by atoms with van der Waals surface area (Å²) in [5.41, 5.74) is 10.1. The number of nitrogens with zero attached hydrogens (tertiary/aromatic N) is 2. The molecule has 0 saturated carbocycles. The van der Waals surface area contributed by atoms with Gasteiger partial charge in [-0.1, -0.05) is 17.7 Å². The second-order valence-electron chi connectivity index (χ2n) is 6.61. The zero-order valence-electron chi connectivity index (χ0n) is 13.4. The fourth-order valence-electron chi connectivity index (χ4n) is 3.26. The molecule has 1 aliphatic rings. The monoisotopic (exact) mass is 275 g/mol. The zero-order valence-corrected chi connectivity index (χ0v) is 13.4. The van der Waals surface area contributed by atoms with Crippen LogP contribution in [0.3, 0.4) is 0 Å². The van der Waals surface area contributed by atoms with E-state index in [2.05, 4.69) is 55.9 Å². The van der Waals surface area contributed by atoms with Crippen LogP contribution in [0.15, 0.2) is 18.2 Å². The standard InChI is InChI=1S/C17H29N3/c1-13-5-6-17(16(9-13)10-14(2)18)20(4)12-15-7-8-19(3)11-15/h5-6,9,14-15H,7-8,10-12,18H2,1-4H3. The highest BCUT2D eigenvalue weighted by molar-refractivity contribution is 5.55. The average Bonchev–Trinajstić information content (AvgIpc) is 2.73. The van der Waals surface area contributed by atoms with Crippen LogP contribution >= 0.6 is 0 Å². The topological polar surface area (TPSA) is 32.5 Å². The molecule has 0 aromatic heterocycles. The third kappa shape index (κ3) is 3.97. The van der Waals surface area contributed by atoms with Crippen molar-refractivity contribution in [2.45, 2.75) is 32.7 Å². The lowest BCUT2D eigenvalue weighted by atomic mass is 10.0. The van der Waals surface area contributed by atoms with E-state index in [-0.39, 0.29) is 6.04 Å². The fraction of sp³-hybridized carbons (Fsp3) is 0.647. The summed E-state index contributed by atoms with van der Waals surface area (Å²) in [4.78, 5) is 4.84. The Morgan fingerprint density at radius 1 is 1.45 bits per heavy atom. The molecule has 3 heteroatoms. The molecule has 1 fully saturated rings. The maximum absolute atomic E-state index is 6.00. The highest BCUT2D eigenvalue weighted by Gasteiger charge is 2.21. The van der Waals surface area contributed by atoms with Crippen molar-refractivity contribution in [2.24, 2.45) is 11.7 Å². The van der Waals surface area contributed by atoms with E-state index in [1.807, 2.05) is 0 Å². The van der Waals surface area contributed by atoms with Crippen LogP contribution in [0.4, 0.5) is 5.69 Å². The van der Waals surface area contributed by atoms with Crippen LogP contribution in [0.5, 0.6) is 0 Å². The molecule has 2 N–H and O–H groups in total. The SMILES string of the molecule is Cc1ccc(N(C)CC2CCN(C)C2)c(CC(C)N)c1. The Balaban J connectivity index is 2.09. The van der Waals surface area contributed by atoms with Gasteiger partial charge in [-0.25, -0.2) is 0 Å². The molecule has 0 radical (unpaired) electrons. The quantitative estimate of drug-likeness (QED) is 0.895. The van der Waals surface area contributed by atoms with Gasteiger partial charge in [0.25, 0.3) is 0 Å². The Bertz CT molecular complexity index is 442. The fourth-order valence-corrected chi connectivity index (χ4v) is 3.26. The molecule has 2 rings (SSSR count). The number of anilines is 1. The van der Waals surface area contributed by atoms with Gasteiger partial charge in [-0.15, -0.1) is 0 Å². The zero-order chi connectivity index (χ0) is 14.7. The van der Waals surface area contributed by atoms with Crippen LogP contribution in [0.25, 0.3) is 0 Å². The van der Waals surface area contributed by atoms with Gasteiger partial charge in [0.1, 0.15) is 0 Å². The van der Waals surface area contributed by atoms with E-state index in [1.165, 1.54) is 36.3 Å². The summed E-state index contributed by atoms with van der Waals surface area (Å²) in [7, 11) is 4.43. The number of rotatable bonds is 5. The van der Waals surface area contributed by atoms with E-state index in [9.17, 15) is 0 Å². The lowest BCUT2D eigenvalue weighted by Crippen LogP contribution is -2.29. The molecule has 112 valence electrons. The largest absolute Gasteiger partial charge is 0.374 e. The van der Waals surface area contributed by atoms with Crippen LogP contribution < -0.4 is 10.6 Å². The van der Waals surface area contributed by atoms with E-state index in [0.717, 1.165) is 18.9 Å². The molecule has 20 heavy (non-hydrogen) atoms. The highest BCUT2D eigenvalue weighted by Crippen LogP contribution is 2.25. The van der Waals surface area contributed by atoms with Crippen LogP contribution in [-0.2, 0) is 6.42 Å². The van der Waals surface area contributed by atoms with Gasteiger partial charge in [0.2, 0.25) is 0 Å². The Kier molecular flexibility index (Phi) is 5.06. The maximum atomic E-state index is 6.00. The smallest absolute Gasteiger partial charge is 0.0397 e. The average molecular weight is 275 g/mol. The first-order valence-corrected chi connectivity index (χ1v) is 7.70. The van der Waals surface area contributed by atoms with Crippen molar-refractivity contribution in [1.82, 2.24) is 4.90 Å². The lowest BCUT2D eigenvalue weighted by Gasteiger charge is -2.26. The highest BCUT2D eigenvalue weighted by atomic mass is 15.2. The van der Waals surface area contributed by atoms with Crippen molar-refractivity contribution in [1.29, 1.82) is 0 Å². The van der Waals surface area contributed by atoms with Crippen molar-refractivity contribution in [2.75, 3.05) is 38.6 Å². The van der Waals surface area contributed by atoms with E-state index in [4.69, 9.17) is 5.73 Å². The first-order valence-electron chi connectivity index (χ1n) is 7.70. The third-order valence-corrected chi connectivity index (χ3v) is 4.21. The molecule has 0 spiro atoms. The van der Waals surface area contributed by atoms with E-state index in [0.29, 0.717) is 0 Å². The first-order chi connectivity index (χ1) is 9.45. The van der Waals surface area contributed by atoms with E-state index >= 15 is 0 Å². The Hall–Kier alpha value is -1.06. The summed E-state index contributed by atoms with van der Waals surface area (Å²) in [5.74, 6) is 0.787. The molecule has 0 bridgehead atoms. The van der Waals surface area contributed by atoms with Gasteiger partial charge < -0.3 is 15.5 Å². The number of benzene rings is 1. The molecule has 1 aliphatic heterocycles. The number of hydrogen-bond acceptors (Lipinski definition) is 3. The molecule has 3 nitrogen and oxygen atoms in total. The van der Waals surface area contributed by atoms with Crippen LogP contribution in [0.1, 0.15) is 24.5 Å². The number of hydrogen-bond donors (Lipinski definition) is 1. The number of aryl methyl sites for hydroxylation is 1. The second-order valence-corrected chi connectivity index (χ2v) is 6.61. The van der Waals surface area contributed by atoms with Gasteiger partial charge in [-0.05, 0) is 57.8 Å². The Morgan fingerprint density at radius 3 is 2.80 bits per heavy atom. The minimum absolute atomic E-state index is 0.210. The molecule has 1 aromatic carbocycles. The summed E-state index contributed by atoms with van der Waals surface area (Å²) in [5, 5.41) is 0. The van der Waals surface area contributed by atoms with Crippen molar-refractivity contribution in [3.8, 4) is 0 Å². The van der Waals surface area contributed by atoms with Gasteiger partial charge in [0.05, 0.1) is 0 Å². The molecule has 1 saturated heterocycles. The predicted octanol–water partition coefficient (Wildman–Crippen LogP) is 2.27. The molecule has 2 unspecified atom stereocenters. The molecule has 1 heterocycles. The predicted molar refractivity (Wildman–Crippen MR) is 87.4 cm³/mol. The molecule has 1 aromatic rings. The summed E-state index contributed by atoms with van der Waals surface area (Å²) in [6.45, 7) is 7.83. The van der Waals surface area contributed by atoms with Gasteiger partial charge >= 0.3 is 0 Å². The lowest BCUT2D eigenvalue weighted by molar-refractivity contribution is 0.396. The molecule has 0 amide bonds. The van der Waals surface area contributed by atoms with Crippen LogP contribution in [0, 0.1) is 12.8 Å². The van der Waals surface area contributed by atoms with Crippen molar-refractivity contribution in [3.63, 3.8) is 0 Å². The van der Waals surface area contributed by atoms with Gasteiger partial charge in [-0.3, -0.25) is 0 Å². The molecular weight excluding hydrogens is 246 g/mol. The number of likely N-dealkylation sites (tertiary alicyclic amines) is 1. The molecule has 2 atom stereocenters. The minimum Gasteiger partial charge on any atom is -0.374 e. The van der Waals surface area contributed by atoms with Crippen LogP contribution in [0.2, 0.25) is 0 Å². The summed E-state index contributed by atoms with van der Waals surface area (Å²) < 4.78 is 0. The Labute approximate surface area is 123 Å². The van der Waals surface area contributed by atoms with E-state index in [1.54, 1.807) is 0 Å². The molecule has 0 aliphatic carbocycles. The van der Waals surface area contributed by atoms with Crippen molar-refractivity contribution >= 4 is 5.69 Å². The van der Waals surface area contributed by atoms with Gasteiger partial charge in [-0.2, -0.15) is 0 Å². The summed E-state index contributed by atoms with van der Waals surface area (Å²) in [6.07, 6.45) is 2.27.